The van der Waals surface area contributed by atoms with Crippen LogP contribution in [0.1, 0.15) is 28.3 Å². The zero-order valence-electron chi connectivity index (χ0n) is 10.9. The first-order chi connectivity index (χ1) is 9.44. The topological polar surface area (TPSA) is 89.9 Å². The van der Waals surface area contributed by atoms with Crippen LogP contribution in [-0.4, -0.2) is 37.6 Å². The first-order valence-corrected chi connectivity index (χ1v) is 6.36. The minimum Gasteiger partial charge on any atom is -0.506 e. The van der Waals surface area contributed by atoms with Crippen LogP contribution in [0.2, 0.25) is 0 Å². The van der Waals surface area contributed by atoms with E-state index in [1.165, 1.54) is 26.4 Å². The number of hydrogen-bond acceptors (Lipinski definition) is 6. The lowest BCUT2D eigenvalue weighted by molar-refractivity contribution is -0.149. The molecular formula is C13H13BrO6. The molecule has 0 radical (unpaired) electrons. The first-order valence-electron chi connectivity index (χ1n) is 5.56. The van der Waals surface area contributed by atoms with Gasteiger partial charge in [0.25, 0.3) is 0 Å². The third-order valence-corrected chi connectivity index (χ3v) is 3.33. The van der Waals surface area contributed by atoms with Gasteiger partial charge in [0.05, 0.1) is 36.6 Å². The summed E-state index contributed by atoms with van der Waals surface area (Å²) in [5.41, 5.74) is 0.377. The monoisotopic (exact) mass is 344 g/mol. The molecule has 0 fully saturated rings. The lowest BCUT2D eigenvalue weighted by Crippen LogP contribution is -2.19. The predicted molar refractivity (Wildman–Crippen MR) is 72.6 cm³/mol. The number of ether oxygens (including phenoxy) is 2. The van der Waals surface area contributed by atoms with Gasteiger partial charge in [-0.05, 0) is 33.6 Å². The third-order valence-electron chi connectivity index (χ3n) is 2.73. The third kappa shape index (κ3) is 3.57. The van der Waals surface area contributed by atoms with Crippen molar-refractivity contribution in [1.82, 2.24) is 0 Å². The molecule has 0 aliphatic heterocycles. The second-order valence-corrected chi connectivity index (χ2v) is 4.77. The Kier molecular flexibility index (Phi) is 5.69. The summed E-state index contributed by atoms with van der Waals surface area (Å²) in [7, 11) is 2.41. The number of methoxy groups -OCH3 is 2. The summed E-state index contributed by atoms with van der Waals surface area (Å²) in [6.45, 7) is 0. The molecule has 6 nitrogen and oxygen atoms in total. The van der Waals surface area contributed by atoms with Gasteiger partial charge in [0.15, 0.2) is 6.29 Å². The maximum atomic E-state index is 11.8. The molecule has 1 aromatic carbocycles. The lowest BCUT2D eigenvalue weighted by Gasteiger charge is -2.15. The van der Waals surface area contributed by atoms with E-state index in [-0.39, 0.29) is 22.2 Å². The Morgan fingerprint density at radius 1 is 1.35 bits per heavy atom. The summed E-state index contributed by atoms with van der Waals surface area (Å²) >= 11 is 3.08. The van der Waals surface area contributed by atoms with Gasteiger partial charge in [-0.15, -0.1) is 0 Å². The Labute approximate surface area is 123 Å². The van der Waals surface area contributed by atoms with E-state index in [4.69, 9.17) is 0 Å². The van der Waals surface area contributed by atoms with Crippen LogP contribution in [0.3, 0.4) is 0 Å². The number of phenols is 1. The first kappa shape index (κ1) is 16.2. The van der Waals surface area contributed by atoms with Crippen molar-refractivity contribution in [1.29, 1.82) is 0 Å². The van der Waals surface area contributed by atoms with E-state index in [1.807, 2.05) is 0 Å². The van der Waals surface area contributed by atoms with E-state index in [0.29, 0.717) is 11.8 Å². The van der Waals surface area contributed by atoms with Gasteiger partial charge in [-0.2, -0.15) is 0 Å². The number of rotatable bonds is 5. The number of esters is 2. The van der Waals surface area contributed by atoms with Crippen LogP contribution in [0.15, 0.2) is 16.6 Å². The van der Waals surface area contributed by atoms with Crippen LogP contribution in [0, 0.1) is 0 Å². The Balaban J connectivity index is 3.26. The summed E-state index contributed by atoms with van der Waals surface area (Å²) < 4.78 is 9.42. The van der Waals surface area contributed by atoms with Gasteiger partial charge >= 0.3 is 11.9 Å². The van der Waals surface area contributed by atoms with E-state index in [0.717, 1.165) is 0 Å². The van der Waals surface area contributed by atoms with Crippen LogP contribution in [0.4, 0.5) is 0 Å². The fraction of sp³-hybridized carbons (Fsp3) is 0.308. The van der Waals surface area contributed by atoms with E-state index in [9.17, 15) is 19.5 Å². The van der Waals surface area contributed by atoms with E-state index >= 15 is 0 Å². The van der Waals surface area contributed by atoms with Crippen molar-refractivity contribution < 1.29 is 29.0 Å². The number of carbonyl (C=O) groups excluding carboxylic acids is 3. The van der Waals surface area contributed by atoms with Crippen LogP contribution >= 0.6 is 15.9 Å². The van der Waals surface area contributed by atoms with Gasteiger partial charge in [-0.3, -0.25) is 14.4 Å². The van der Waals surface area contributed by atoms with Gasteiger partial charge in [-0.1, -0.05) is 0 Å². The summed E-state index contributed by atoms with van der Waals surface area (Å²) in [6.07, 6.45) is 0.231. The maximum absolute atomic E-state index is 11.8. The van der Waals surface area contributed by atoms with Crippen molar-refractivity contribution in [3.05, 3.63) is 27.7 Å². The number of aromatic hydroxyl groups is 1. The lowest BCUT2D eigenvalue weighted by atomic mass is 9.94. The molecule has 0 saturated heterocycles. The molecule has 0 saturated carbocycles. The van der Waals surface area contributed by atoms with Crippen LogP contribution < -0.4 is 0 Å². The zero-order chi connectivity index (χ0) is 15.3. The molecule has 0 heterocycles. The Bertz CT molecular complexity index is 540. The van der Waals surface area contributed by atoms with Crippen LogP contribution in [0.25, 0.3) is 0 Å². The SMILES string of the molecule is COC(=O)C[C@H](C(=O)OC)c1cc(Br)c(O)c(C=O)c1. The number of hydrogen-bond donors (Lipinski definition) is 1. The van der Waals surface area contributed by atoms with Crippen molar-refractivity contribution in [2.75, 3.05) is 14.2 Å². The standard InChI is InChI=1S/C13H13BrO6/c1-19-11(16)5-9(13(18)20-2)7-3-8(6-15)12(17)10(14)4-7/h3-4,6,9,17H,5H2,1-2H3/t9-/m0/s1. The van der Waals surface area contributed by atoms with Crippen molar-refractivity contribution in [3.63, 3.8) is 0 Å². The van der Waals surface area contributed by atoms with Gasteiger partial charge < -0.3 is 14.6 Å². The number of phenolic OH excluding ortho intramolecular Hbond substituents is 1. The van der Waals surface area contributed by atoms with E-state index in [1.54, 1.807) is 0 Å². The van der Waals surface area contributed by atoms with Crippen LogP contribution in [0.5, 0.6) is 5.75 Å². The Morgan fingerprint density at radius 2 is 2.00 bits per heavy atom. The number of halogens is 1. The fourth-order valence-electron chi connectivity index (χ4n) is 1.66. The molecule has 108 valence electrons. The highest BCUT2D eigenvalue weighted by atomic mass is 79.9. The normalized spacial score (nSPS) is 11.6. The highest BCUT2D eigenvalue weighted by Gasteiger charge is 2.26. The Morgan fingerprint density at radius 3 is 2.50 bits per heavy atom. The molecule has 0 aliphatic rings. The average molecular weight is 345 g/mol. The summed E-state index contributed by atoms with van der Waals surface area (Å²) in [5, 5.41) is 9.64. The van der Waals surface area contributed by atoms with Crippen molar-refractivity contribution >= 4 is 34.2 Å². The zero-order valence-corrected chi connectivity index (χ0v) is 12.5. The second kappa shape index (κ2) is 7.04. The van der Waals surface area contributed by atoms with Crippen molar-refractivity contribution in [3.8, 4) is 5.75 Å². The molecule has 0 amide bonds. The molecule has 1 rings (SSSR count). The fourth-order valence-corrected chi connectivity index (χ4v) is 2.16. The molecule has 1 aromatic rings. The summed E-state index contributed by atoms with van der Waals surface area (Å²) in [4.78, 5) is 34.0. The molecule has 0 unspecified atom stereocenters. The van der Waals surface area contributed by atoms with Gasteiger partial charge in [0.2, 0.25) is 0 Å². The van der Waals surface area contributed by atoms with Crippen molar-refractivity contribution in [2.45, 2.75) is 12.3 Å². The molecule has 7 heteroatoms. The van der Waals surface area contributed by atoms with Crippen molar-refractivity contribution in [2.24, 2.45) is 0 Å². The van der Waals surface area contributed by atoms with Crippen LogP contribution in [-0.2, 0) is 19.1 Å². The smallest absolute Gasteiger partial charge is 0.313 e. The molecule has 0 aliphatic carbocycles. The highest BCUT2D eigenvalue weighted by Crippen LogP contribution is 2.33. The largest absolute Gasteiger partial charge is 0.506 e. The number of carbonyl (C=O) groups is 3. The Hall–Kier alpha value is -1.89. The minimum atomic E-state index is -0.914. The average Bonchev–Trinajstić information content (AvgIpc) is 2.46. The van der Waals surface area contributed by atoms with E-state index < -0.39 is 17.9 Å². The molecule has 0 spiro atoms. The predicted octanol–water partition coefficient (Wildman–Crippen LogP) is 1.79. The van der Waals surface area contributed by atoms with E-state index in [2.05, 4.69) is 25.4 Å². The van der Waals surface area contributed by atoms with Gasteiger partial charge in [-0.25, -0.2) is 0 Å². The maximum Gasteiger partial charge on any atom is 0.313 e. The quantitative estimate of drug-likeness (QED) is 0.646. The molecule has 1 atom stereocenters. The van der Waals surface area contributed by atoms with Gasteiger partial charge in [0.1, 0.15) is 5.75 Å². The minimum absolute atomic E-state index is 0.00754. The highest BCUT2D eigenvalue weighted by molar-refractivity contribution is 9.10. The molecule has 0 bridgehead atoms. The van der Waals surface area contributed by atoms with Gasteiger partial charge in [0, 0.05) is 0 Å². The second-order valence-electron chi connectivity index (χ2n) is 3.91. The molecule has 1 N–H and O–H groups in total. The number of benzene rings is 1. The molecule has 0 aromatic heterocycles. The molecule has 20 heavy (non-hydrogen) atoms. The number of aldehydes is 1. The summed E-state index contributed by atoms with van der Waals surface area (Å²) in [5.74, 6) is -2.37. The summed E-state index contributed by atoms with van der Waals surface area (Å²) in [6, 6.07) is 2.78. The molecular weight excluding hydrogens is 332 g/mol.